The normalized spacial score (nSPS) is 13.8. The van der Waals surface area contributed by atoms with Gasteiger partial charge >= 0.3 is 6.03 Å². The Labute approximate surface area is 244 Å². The molecule has 41 heavy (non-hydrogen) atoms. The lowest BCUT2D eigenvalue weighted by atomic mass is 10.0. The molecule has 1 saturated heterocycles. The van der Waals surface area contributed by atoms with Crippen LogP contribution < -0.4 is 16.4 Å². The fraction of sp³-hybridized carbons (Fsp3) is 0.290. The van der Waals surface area contributed by atoms with Gasteiger partial charge in [-0.1, -0.05) is 30.3 Å². The summed E-state index contributed by atoms with van der Waals surface area (Å²) in [5.41, 5.74) is 10.6. The molecule has 3 amide bonds. The van der Waals surface area contributed by atoms with Gasteiger partial charge in [-0.2, -0.15) is 0 Å². The number of hydrogen-bond acceptors (Lipinski definition) is 5. The molecule has 10 heteroatoms. The summed E-state index contributed by atoms with van der Waals surface area (Å²) in [6.07, 6.45) is 4.97. The van der Waals surface area contributed by atoms with Crippen molar-refractivity contribution in [1.29, 1.82) is 5.41 Å². The summed E-state index contributed by atoms with van der Waals surface area (Å²) in [6, 6.07) is 21.0. The molecule has 0 aliphatic carbocycles. The van der Waals surface area contributed by atoms with Crippen molar-refractivity contribution >= 4 is 46.3 Å². The van der Waals surface area contributed by atoms with E-state index >= 15 is 0 Å². The number of urea groups is 1. The third-order valence-corrected chi connectivity index (χ3v) is 8.29. The number of nitrogens with one attached hydrogen (secondary N) is 3. The molecule has 5 rings (SSSR count). The molecule has 3 aromatic carbocycles. The summed E-state index contributed by atoms with van der Waals surface area (Å²) in [6.45, 7) is 1.17. The van der Waals surface area contributed by atoms with Gasteiger partial charge in [0.15, 0.2) is 0 Å². The molecule has 1 aliphatic rings. The SMILES string of the molecule is CSc1cccc(NC(=O)NC2CCN(C(=O)c3ccc4c(c3)nc(CCc3ccc(C(=N)N)cc3)n4C)CC2)c1. The Morgan fingerprint density at radius 1 is 1.02 bits per heavy atom. The first-order chi connectivity index (χ1) is 19.8. The Hall–Kier alpha value is -4.31. The van der Waals surface area contributed by atoms with Gasteiger partial charge in [0.1, 0.15) is 11.7 Å². The standard InChI is InChI=1S/C31H35N7O2S/c1-37-27-12-11-22(18-26(27)36-28(37)13-8-20-6-9-21(10-7-20)29(32)33)30(39)38-16-14-23(15-17-38)34-31(40)35-24-4-3-5-25(19-24)41-2/h3-7,9-12,18-19,23H,8,13-17H2,1-2H3,(H3,32,33)(H2,34,35,40). The van der Waals surface area contributed by atoms with Crippen molar-refractivity contribution < 1.29 is 9.59 Å². The number of piperidine rings is 1. The minimum atomic E-state index is -0.225. The number of aromatic nitrogens is 2. The molecule has 0 radical (unpaired) electrons. The lowest BCUT2D eigenvalue weighted by Gasteiger charge is -2.32. The molecular weight excluding hydrogens is 534 g/mol. The zero-order valence-electron chi connectivity index (χ0n) is 23.3. The van der Waals surface area contributed by atoms with E-state index in [0.717, 1.165) is 45.8 Å². The summed E-state index contributed by atoms with van der Waals surface area (Å²) in [5, 5.41) is 13.5. The summed E-state index contributed by atoms with van der Waals surface area (Å²) in [4.78, 5) is 33.6. The fourth-order valence-electron chi connectivity index (χ4n) is 5.18. The zero-order chi connectivity index (χ0) is 28.9. The number of thioether (sulfide) groups is 1. The molecule has 2 heterocycles. The highest BCUT2D eigenvalue weighted by atomic mass is 32.2. The predicted octanol–water partition coefficient (Wildman–Crippen LogP) is 4.79. The Balaban J connectivity index is 1.16. The molecule has 9 nitrogen and oxygen atoms in total. The van der Waals surface area contributed by atoms with Crippen LogP contribution in [0, 0.1) is 5.41 Å². The van der Waals surface area contributed by atoms with Crippen molar-refractivity contribution in [2.24, 2.45) is 12.8 Å². The first-order valence-electron chi connectivity index (χ1n) is 13.7. The third-order valence-electron chi connectivity index (χ3n) is 7.57. The average molecular weight is 570 g/mol. The Kier molecular flexibility index (Phi) is 8.58. The van der Waals surface area contributed by atoms with Gasteiger partial charge in [0.2, 0.25) is 0 Å². The van der Waals surface area contributed by atoms with E-state index in [0.29, 0.717) is 37.1 Å². The number of carbonyl (C=O) groups excluding carboxylic acids is 2. The fourth-order valence-corrected chi connectivity index (χ4v) is 5.64. The van der Waals surface area contributed by atoms with E-state index in [4.69, 9.17) is 16.1 Å². The maximum atomic E-state index is 13.3. The minimum absolute atomic E-state index is 0.0125. The molecule has 0 atom stereocenters. The molecule has 5 N–H and O–H groups in total. The van der Waals surface area contributed by atoms with Crippen LogP contribution in [0.1, 0.15) is 40.2 Å². The molecule has 0 spiro atoms. The number of rotatable bonds is 8. The number of nitrogens with zero attached hydrogens (tertiary/aromatic N) is 3. The van der Waals surface area contributed by atoms with Crippen LogP contribution in [-0.2, 0) is 19.9 Å². The zero-order valence-corrected chi connectivity index (χ0v) is 24.1. The first-order valence-corrected chi connectivity index (χ1v) is 14.9. The highest BCUT2D eigenvalue weighted by Gasteiger charge is 2.25. The third kappa shape index (κ3) is 6.71. The van der Waals surface area contributed by atoms with Gasteiger partial charge in [0.25, 0.3) is 5.91 Å². The molecule has 212 valence electrons. The second kappa shape index (κ2) is 12.5. The number of fused-ring (bicyclic) bond motifs is 1. The number of amidine groups is 1. The van der Waals surface area contributed by atoms with Gasteiger partial charge < -0.3 is 25.8 Å². The number of anilines is 1. The second-order valence-electron chi connectivity index (χ2n) is 10.3. The van der Waals surface area contributed by atoms with Crippen LogP contribution in [-0.4, -0.2) is 57.6 Å². The number of amides is 3. The summed E-state index contributed by atoms with van der Waals surface area (Å²) >= 11 is 1.63. The van der Waals surface area contributed by atoms with Gasteiger partial charge in [-0.15, -0.1) is 11.8 Å². The van der Waals surface area contributed by atoms with Crippen molar-refractivity contribution in [3.63, 3.8) is 0 Å². The molecule has 1 aromatic heterocycles. The topological polar surface area (TPSA) is 129 Å². The van der Waals surface area contributed by atoms with Crippen LogP contribution in [0.3, 0.4) is 0 Å². The number of nitrogens with two attached hydrogens (primary N) is 1. The average Bonchev–Trinajstić information content (AvgIpc) is 3.30. The van der Waals surface area contributed by atoms with Gasteiger partial charge in [-0.05, 0) is 67.5 Å². The van der Waals surface area contributed by atoms with Crippen LogP contribution in [0.2, 0.25) is 0 Å². The first kappa shape index (κ1) is 28.2. The lowest BCUT2D eigenvalue weighted by molar-refractivity contribution is 0.0709. The summed E-state index contributed by atoms with van der Waals surface area (Å²) in [7, 11) is 2.00. The molecule has 4 aromatic rings. The van der Waals surface area contributed by atoms with Crippen molar-refractivity contribution in [2.75, 3.05) is 24.7 Å². The highest BCUT2D eigenvalue weighted by Crippen LogP contribution is 2.22. The largest absolute Gasteiger partial charge is 0.384 e. The van der Waals surface area contributed by atoms with E-state index in [1.807, 2.05) is 84.9 Å². The quantitative estimate of drug-likeness (QED) is 0.138. The maximum absolute atomic E-state index is 13.3. The molecular formula is C31H35N7O2S. The van der Waals surface area contributed by atoms with Crippen LogP contribution in [0.4, 0.5) is 10.5 Å². The van der Waals surface area contributed by atoms with E-state index in [1.165, 1.54) is 0 Å². The molecule has 1 aliphatic heterocycles. The van der Waals surface area contributed by atoms with Crippen LogP contribution in [0.15, 0.2) is 71.6 Å². The van der Waals surface area contributed by atoms with Crippen LogP contribution in [0.5, 0.6) is 0 Å². The number of hydrogen-bond donors (Lipinski definition) is 4. The van der Waals surface area contributed by atoms with Gasteiger partial charge in [0.05, 0.1) is 11.0 Å². The Morgan fingerprint density at radius 3 is 2.46 bits per heavy atom. The second-order valence-corrected chi connectivity index (χ2v) is 11.2. The number of benzene rings is 3. The van der Waals surface area contributed by atoms with Crippen molar-refractivity contribution in [3.05, 3.63) is 89.2 Å². The number of nitrogen functional groups attached to an aromatic ring is 1. The van der Waals surface area contributed by atoms with E-state index in [1.54, 1.807) is 11.8 Å². The smallest absolute Gasteiger partial charge is 0.319 e. The Morgan fingerprint density at radius 2 is 1.76 bits per heavy atom. The highest BCUT2D eigenvalue weighted by molar-refractivity contribution is 7.98. The van der Waals surface area contributed by atoms with E-state index < -0.39 is 0 Å². The van der Waals surface area contributed by atoms with Crippen molar-refractivity contribution in [3.8, 4) is 0 Å². The van der Waals surface area contributed by atoms with Crippen LogP contribution >= 0.6 is 11.8 Å². The van der Waals surface area contributed by atoms with Gasteiger partial charge in [0, 0.05) is 54.3 Å². The number of aryl methyl sites for hydroxylation is 3. The van der Waals surface area contributed by atoms with E-state index in [2.05, 4.69) is 15.2 Å². The molecule has 0 unspecified atom stereocenters. The molecule has 0 bridgehead atoms. The van der Waals surface area contributed by atoms with Gasteiger partial charge in [-0.25, -0.2) is 9.78 Å². The molecule has 0 saturated carbocycles. The van der Waals surface area contributed by atoms with Crippen molar-refractivity contribution in [1.82, 2.24) is 19.8 Å². The molecule has 1 fully saturated rings. The maximum Gasteiger partial charge on any atom is 0.319 e. The Bertz CT molecular complexity index is 1570. The number of carbonyl (C=O) groups is 2. The van der Waals surface area contributed by atoms with Crippen molar-refractivity contribution in [2.45, 2.75) is 36.6 Å². The number of likely N-dealkylation sites (tertiary alicyclic amines) is 1. The minimum Gasteiger partial charge on any atom is -0.384 e. The van der Waals surface area contributed by atoms with Crippen LogP contribution in [0.25, 0.3) is 11.0 Å². The van der Waals surface area contributed by atoms with E-state index in [9.17, 15) is 9.59 Å². The van der Waals surface area contributed by atoms with Gasteiger partial charge in [-0.3, -0.25) is 10.2 Å². The number of imidazole rings is 1. The predicted molar refractivity (Wildman–Crippen MR) is 165 cm³/mol. The summed E-state index contributed by atoms with van der Waals surface area (Å²) in [5.74, 6) is 1.00. The monoisotopic (exact) mass is 569 g/mol. The van der Waals surface area contributed by atoms with E-state index in [-0.39, 0.29) is 23.8 Å². The lowest BCUT2D eigenvalue weighted by Crippen LogP contribution is -2.47. The summed E-state index contributed by atoms with van der Waals surface area (Å²) < 4.78 is 2.08.